The Labute approximate surface area is 209 Å². The molecule has 0 fully saturated rings. The molecule has 0 aliphatic rings. The Morgan fingerprint density at radius 2 is 1.43 bits per heavy atom. The molecule has 4 aromatic rings. The van der Waals surface area contributed by atoms with Gasteiger partial charge in [0.15, 0.2) is 0 Å². The van der Waals surface area contributed by atoms with E-state index < -0.39 is 10.9 Å². The fourth-order valence-corrected chi connectivity index (χ4v) is 3.86. The average Bonchev–Trinajstić information content (AvgIpc) is 2.84. The highest BCUT2D eigenvalue weighted by molar-refractivity contribution is 6.04. The molecular formula is C26H28ClN3O5. The van der Waals surface area contributed by atoms with Crippen molar-refractivity contribution in [3.63, 3.8) is 0 Å². The van der Waals surface area contributed by atoms with Crippen molar-refractivity contribution in [1.82, 2.24) is 0 Å². The molecule has 0 radical (unpaired) electrons. The summed E-state index contributed by atoms with van der Waals surface area (Å²) >= 11 is 0. The van der Waals surface area contributed by atoms with Crippen molar-refractivity contribution in [2.45, 2.75) is 25.7 Å². The minimum absolute atomic E-state index is 0. The van der Waals surface area contributed by atoms with Crippen molar-refractivity contribution in [2.24, 2.45) is 0 Å². The van der Waals surface area contributed by atoms with Crippen LogP contribution in [-0.2, 0) is 4.74 Å². The highest BCUT2D eigenvalue weighted by Gasteiger charge is 2.13. The van der Waals surface area contributed by atoms with E-state index in [2.05, 4.69) is 34.6 Å². The van der Waals surface area contributed by atoms with Gasteiger partial charge in [-0.1, -0.05) is 30.7 Å². The maximum Gasteiger partial charge on any atom is 0.338 e. The third-order valence-corrected chi connectivity index (χ3v) is 5.58. The number of carbonyl (C=O) groups is 1. The highest BCUT2D eigenvalue weighted by Crippen LogP contribution is 2.28. The summed E-state index contributed by atoms with van der Waals surface area (Å²) in [6.07, 6.45) is 3.78. The molecule has 35 heavy (non-hydrogen) atoms. The second-order valence-corrected chi connectivity index (χ2v) is 7.87. The average molecular weight is 498 g/mol. The summed E-state index contributed by atoms with van der Waals surface area (Å²) in [6.45, 7) is 1.20. The lowest BCUT2D eigenvalue weighted by atomic mass is 10.1. The van der Waals surface area contributed by atoms with E-state index in [1.807, 2.05) is 24.3 Å². The zero-order chi connectivity index (χ0) is 23.0. The number of hydrogen-bond donors (Lipinski definition) is 1. The summed E-state index contributed by atoms with van der Waals surface area (Å²) in [4.78, 5) is 25.7. The van der Waals surface area contributed by atoms with Gasteiger partial charge in [-0.15, -0.1) is 0 Å². The monoisotopic (exact) mass is 497 g/mol. The number of fused-ring (bicyclic) bond motifs is 2. The Hall–Kier alpha value is -3.75. The van der Waals surface area contributed by atoms with E-state index in [1.54, 1.807) is 0 Å². The number of H-pyrrole nitrogens is 1. The summed E-state index contributed by atoms with van der Waals surface area (Å²) < 4.78 is 5.27. The molecule has 4 rings (SSSR count). The molecule has 4 N–H and O–H groups in total. The number of nitro groups is 1. The van der Waals surface area contributed by atoms with Gasteiger partial charge in [-0.3, -0.25) is 10.1 Å². The molecule has 0 atom stereocenters. The first-order valence-electron chi connectivity index (χ1n) is 11.1. The molecule has 3 aromatic carbocycles. The topological polar surface area (TPSA) is 127 Å². The molecule has 0 saturated carbocycles. The minimum atomic E-state index is -0.495. The quantitative estimate of drug-likeness (QED) is 0.117. The number of unbranched alkanes of at least 4 members (excludes halogenated alkanes) is 3. The lowest BCUT2D eigenvalue weighted by Gasteiger charge is -2.10. The number of nitro benzene ring substituents is 1. The van der Waals surface area contributed by atoms with Crippen LogP contribution in [0.1, 0.15) is 36.0 Å². The van der Waals surface area contributed by atoms with Crippen molar-refractivity contribution in [2.75, 3.05) is 18.5 Å². The van der Waals surface area contributed by atoms with Crippen molar-refractivity contribution in [1.29, 1.82) is 0 Å². The largest absolute Gasteiger partial charge is 1.00 e. The van der Waals surface area contributed by atoms with Gasteiger partial charge in [0.1, 0.15) is 0 Å². The van der Waals surface area contributed by atoms with Crippen molar-refractivity contribution >= 4 is 39.1 Å². The lowest BCUT2D eigenvalue weighted by Crippen LogP contribution is -3.00. The number of ether oxygens (including phenoxy) is 1. The lowest BCUT2D eigenvalue weighted by molar-refractivity contribution is -0.384. The van der Waals surface area contributed by atoms with E-state index in [4.69, 9.17) is 4.74 Å². The van der Waals surface area contributed by atoms with Gasteiger partial charge in [0, 0.05) is 30.8 Å². The zero-order valence-corrected chi connectivity index (χ0v) is 19.9. The SMILES string of the molecule is O.O=C(OCCCCCCNc1c2ccccc2[nH+]c2ccccc12)c1ccc([N+](=O)[O-])cc1.[Cl-]. The molecule has 0 unspecified atom stereocenters. The molecule has 0 aliphatic heterocycles. The standard InChI is InChI=1S/C26H25N3O4.ClH.H2O/c30-26(19-13-15-20(16-14-19)29(31)32)33-18-8-2-1-7-17-27-25-21-9-3-5-11-23(21)28-24-12-6-4-10-22(24)25;;/h3-6,9-16H,1-2,7-8,17-18H2,(H,27,28);1H;1H2. The van der Waals surface area contributed by atoms with Crippen LogP contribution in [0, 0.1) is 10.1 Å². The van der Waals surface area contributed by atoms with Gasteiger partial charge < -0.3 is 27.9 Å². The maximum atomic E-state index is 12.0. The number of para-hydroxylation sites is 2. The van der Waals surface area contributed by atoms with Crippen LogP contribution in [0.4, 0.5) is 11.4 Å². The molecule has 184 valence electrons. The van der Waals surface area contributed by atoms with E-state index in [9.17, 15) is 14.9 Å². The van der Waals surface area contributed by atoms with E-state index >= 15 is 0 Å². The number of rotatable bonds is 10. The summed E-state index contributed by atoms with van der Waals surface area (Å²) in [5, 5.41) is 16.7. The molecule has 9 heteroatoms. The Kier molecular flexibility index (Phi) is 10.4. The van der Waals surface area contributed by atoms with Crippen molar-refractivity contribution in [3.8, 4) is 0 Å². The predicted octanol–water partition coefficient (Wildman–Crippen LogP) is 1.72. The van der Waals surface area contributed by atoms with Crippen LogP contribution in [0.15, 0.2) is 72.8 Å². The van der Waals surface area contributed by atoms with Crippen LogP contribution in [0.5, 0.6) is 0 Å². The number of pyridine rings is 1. The maximum absolute atomic E-state index is 12.0. The van der Waals surface area contributed by atoms with Gasteiger partial charge in [0.2, 0.25) is 11.0 Å². The Morgan fingerprint density at radius 3 is 2.03 bits per heavy atom. The number of benzene rings is 3. The fraction of sp³-hybridized carbons (Fsp3) is 0.231. The van der Waals surface area contributed by atoms with Crippen LogP contribution >= 0.6 is 0 Å². The summed E-state index contributed by atoms with van der Waals surface area (Å²) in [6, 6.07) is 22.0. The smallest absolute Gasteiger partial charge is 0.338 e. The number of nitrogens with zero attached hydrogens (tertiary/aromatic N) is 1. The van der Waals surface area contributed by atoms with Crippen LogP contribution in [0.3, 0.4) is 0 Å². The van der Waals surface area contributed by atoms with Crippen LogP contribution in [0.2, 0.25) is 0 Å². The van der Waals surface area contributed by atoms with E-state index in [0.717, 1.165) is 48.9 Å². The second kappa shape index (κ2) is 13.2. The summed E-state index contributed by atoms with van der Waals surface area (Å²) in [7, 11) is 0. The fourth-order valence-electron chi connectivity index (χ4n) is 3.86. The molecule has 1 heterocycles. The van der Waals surface area contributed by atoms with E-state index in [-0.39, 0.29) is 23.6 Å². The molecule has 1 aromatic heterocycles. The molecule has 8 nitrogen and oxygen atoms in total. The number of anilines is 1. The number of hydrogen-bond acceptors (Lipinski definition) is 5. The number of aromatic nitrogens is 1. The van der Waals surface area contributed by atoms with Crippen molar-refractivity contribution in [3.05, 3.63) is 88.5 Å². The van der Waals surface area contributed by atoms with Gasteiger partial charge in [0.05, 0.1) is 33.6 Å². The molecule has 0 bridgehead atoms. The third kappa shape index (κ3) is 6.88. The molecule has 0 amide bonds. The normalized spacial score (nSPS) is 10.3. The summed E-state index contributed by atoms with van der Waals surface area (Å²) in [5.41, 5.74) is 3.64. The number of non-ortho nitro benzene ring substituents is 1. The Balaban J connectivity index is 0.00000216. The van der Waals surface area contributed by atoms with E-state index in [1.165, 1.54) is 35.0 Å². The molecule has 0 spiro atoms. The number of esters is 1. The number of nitrogens with one attached hydrogen (secondary N) is 2. The van der Waals surface area contributed by atoms with Crippen LogP contribution in [-0.4, -0.2) is 29.5 Å². The van der Waals surface area contributed by atoms with E-state index in [0.29, 0.717) is 12.2 Å². The van der Waals surface area contributed by atoms with Gasteiger partial charge in [0.25, 0.3) is 5.69 Å². The number of halogens is 1. The predicted molar refractivity (Wildman–Crippen MR) is 132 cm³/mol. The Bertz CT molecular complexity index is 1230. The van der Waals surface area contributed by atoms with Gasteiger partial charge in [-0.05, 0) is 43.5 Å². The van der Waals surface area contributed by atoms with Crippen LogP contribution in [0.25, 0.3) is 21.8 Å². The van der Waals surface area contributed by atoms with Gasteiger partial charge >= 0.3 is 5.97 Å². The Morgan fingerprint density at radius 1 is 0.857 bits per heavy atom. The second-order valence-electron chi connectivity index (χ2n) is 7.87. The first-order chi connectivity index (χ1) is 16.1. The molecule has 0 aliphatic carbocycles. The molecular weight excluding hydrogens is 470 g/mol. The minimum Gasteiger partial charge on any atom is -1.00 e. The number of aromatic amines is 1. The van der Waals surface area contributed by atoms with Gasteiger partial charge in [-0.25, -0.2) is 9.78 Å². The van der Waals surface area contributed by atoms with Crippen molar-refractivity contribution < 1.29 is 37.3 Å². The zero-order valence-electron chi connectivity index (χ0n) is 19.1. The molecule has 0 saturated heterocycles. The third-order valence-electron chi connectivity index (χ3n) is 5.58. The van der Waals surface area contributed by atoms with Crippen LogP contribution < -0.4 is 22.7 Å². The first kappa shape index (κ1) is 27.5. The summed E-state index contributed by atoms with van der Waals surface area (Å²) in [5.74, 6) is -0.453. The number of carbonyl (C=O) groups excluding carboxylic acids is 1. The highest BCUT2D eigenvalue weighted by atomic mass is 35.5. The van der Waals surface area contributed by atoms with Gasteiger partial charge in [-0.2, -0.15) is 0 Å². The first-order valence-corrected chi connectivity index (χ1v) is 11.1.